The Labute approximate surface area is 169 Å². The van der Waals surface area contributed by atoms with Gasteiger partial charge < -0.3 is 10.2 Å². The van der Waals surface area contributed by atoms with Crippen molar-refractivity contribution in [1.29, 1.82) is 0 Å². The predicted molar refractivity (Wildman–Crippen MR) is 108 cm³/mol. The number of carbonyl (C=O) groups is 2. The van der Waals surface area contributed by atoms with E-state index in [0.717, 1.165) is 12.0 Å². The summed E-state index contributed by atoms with van der Waals surface area (Å²) in [6.07, 6.45) is 5.63. The Kier molecular flexibility index (Phi) is 6.94. The van der Waals surface area contributed by atoms with Crippen LogP contribution in [0.15, 0.2) is 60.7 Å². The Balaban J connectivity index is 1.57. The second-order valence-electron chi connectivity index (χ2n) is 7.56. The number of hydrogen-bond donors (Lipinski definition) is 2. The summed E-state index contributed by atoms with van der Waals surface area (Å²) in [6, 6.07) is 13.1. The number of aliphatic hydroxyl groups excluding tert-OH is 1. The molecule has 152 valence electrons. The lowest BCUT2D eigenvalue weighted by Crippen LogP contribution is -2.15. The summed E-state index contributed by atoms with van der Waals surface area (Å²) in [5, 5.41) is 19.2. The topological polar surface area (TPSA) is 74.6 Å². The molecule has 3 atom stereocenters. The summed E-state index contributed by atoms with van der Waals surface area (Å²) in [4.78, 5) is 23.2. The molecule has 0 bridgehead atoms. The molecule has 29 heavy (non-hydrogen) atoms. The second-order valence-corrected chi connectivity index (χ2v) is 7.56. The van der Waals surface area contributed by atoms with E-state index in [2.05, 4.69) is 0 Å². The van der Waals surface area contributed by atoms with E-state index in [4.69, 9.17) is 5.11 Å². The van der Waals surface area contributed by atoms with Gasteiger partial charge in [0.1, 0.15) is 11.6 Å². The summed E-state index contributed by atoms with van der Waals surface area (Å²) in [5.74, 6) is -1.10. The molecular formula is C24H25FO4. The van der Waals surface area contributed by atoms with E-state index in [9.17, 15) is 19.1 Å². The van der Waals surface area contributed by atoms with Crippen LogP contribution in [0.4, 0.5) is 4.39 Å². The zero-order valence-corrected chi connectivity index (χ0v) is 16.1. The molecule has 1 fully saturated rings. The molecule has 0 radical (unpaired) electrons. The van der Waals surface area contributed by atoms with E-state index in [-0.39, 0.29) is 35.4 Å². The third-order valence-corrected chi connectivity index (χ3v) is 5.57. The number of aromatic carboxylic acids is 1. The molecule has 1 aliphatic rings. The van der Waals surface area contributed by atoms with Gasteiger partial charge in [-0.05, 0) is 54.5 Å². The molecule has 1 saturated carbocycles. The van der Waals surface area contributed by atoms with Gasteiger partial charge in [-0.3, -0.25) is 4.79 Å². The monoisotopic (exact) mass is 396 g/mol. The largest absolute Gasteiger partial charge is 0.478 e. The number of carboxylic acid groups (broad SMARTS) is 1. The highest BCUT2D eigenvalue weighted by atomic mass is 19.1. The number of aryl methyl sites for hydroxylation is 1. The van der Waals surface area contributed by atoms with Crippen molar-refractivity contribution in [3.8, 4) is 0 Å². The number of aliphatic hydroxyl groups is 1. The molecule has 0 aromatic heterocycles. The molecule has 2 aromatic rings. The molecule has 5 heteroatoms. The molecule has 4 nitrogen and oxygen atoms in total. The van der Waals surface area contributed by atoms with Crippen LogP contribution in [0.3, 0.4) is 0 Å². The lowest BCUT2D eigenvalue weighted by Gasteiger charge is -2.16. The van der Waals surface area contributed by atoms with Gasteiger partial charge in [-0.1, -0.05) is 42.5 Å². The van der Waals surface area contributed by atoms with Crippen LogP contribution >= 0.6 is 0 Å². The standard InChI is InChI=1S/C24H25FO4/c25-22-4-2-1-3-19(22)15-20(26)12-10-17-11-14-23(27)21(17)13-7-16-5-8-18(9-6-16)24(28)29/h1-6,8-10,12,17,20-21,26H,7,11,13-15H2,(H,28,29)/t17-,20?,21+/m0/s1. The van der Waals surface area contributed by atoms with Crippen LogP contribution < -0.4 is 0 Å². The van der Waals surface area contributed by atoms with E-state index >= 15 is 0 Å². The van der Waals surface area contributed by atoms with Gasteiger partial charge in [-0.25, -0.2) is 9.18 Å². The molecule has 0 heterocycles. The first kappa shape index (κ1) is 20.9. The van der Waals surface area contributed by atoms with E-state index in [1.807, 2.05) is 6.08 Å². The van der Waals surface area contributed by atoms with Crippen molar-refractivity contribution < 1.29 is 24.2 Å². The summed E-state index contributed by atoms with van der Waals surface area (Å²) in [6.45, 7) is 0. The number of halogens is 1. The predicted octanol–water partition coefficient (Wildman–Crippen LogP) is 4.21. The van der Waals surface area contributed by atoms with Crippen LogP contribution in [-0.4, -0.2) is 28.1 Å². The van der Waals surface area contributed by atoms with E-state index < -0.39 is 12.1 Å². The van der Waals surface area contributed by atoms with Crippen molar-refractivity contribution >= 4 is 11.8 Å². The highest BCUT2D eigenvalue weighted by Gasteiger charge is 2.32. The fourth-order valence-electron chi connectivity index (χ4n) is 3.90. The normalized spacial score (nSPS) is 20.3. The number of ketones is 1. The number of allylic oxidation sites excluding steroid dienone is 1. The Morgan fingerprint density at radius 2 is 1.90 bits per heavy atom. The average Bonchev–Trinajstić information content (AvgIpc) is 3.06. The first-order valence-electron chi connectivity index (χ1n) is 9.89. The van der Waals surface area contributed by atoms with Gasteiger partial charge in [0.2, 0.25) is 0 Å². The molecule has 0 aliphatic heterocycles. The van der Waals surface area contributed by atoms with Crippen LogP contribution in [0.1, 0.15) is 40.7 Å². The minimum absolute atomic E-state index is 0.0658. The molecule has 0 saturated heterocycles. The number of carbonyl (C=O) groups excluding carboxylic acids is 1. The quantitative estimate of drug-likeness (QED) is 0.656. The summed E-state index contributed by atoms with van der Waals surface area (Å²) >= 11 is 0. The van der Waals surface area contributed by atoms with Crippen LogP contribution in [0.2, 0.25) is 0 Å². The van der Waals surface area contributed by atoms with Crippen LogP contribution in [-0.2, 0) is 17.6 Å². The number of carboxylic acids is 1. The van der Waals surface area contributed by atoms with Gasteiger partial charge in [-0.2, -0.15) is 0 Å². The average molecular weight is 396 g/mol. The van der Waals surface area contributed by atoms with Gasteiger partial charge in [0.25, 0.3) is 0 Å². The third kappa shape index (κ3) is 5.61. The first-order chi connectivity index (χ1) is 13.9. The van der Waals surface area contributed by atoms with Gasteiger partial charge in [0.05, 0.1) is 11.7 Å². The molecule has 2 aromatic carbocycles. The van der Waals surface area contributed by atoms with E-state index in [1.54, 1.807) is 48.5 Å². The highest BCUT2D eigenvalue weighted by molar-refractivity contribution is 5.87. The molecule has 1 unspecified atom stereocenters. The number of hydrogen-bond acceptors (Lipinski definition) is 3. The molecule has 0 spiro atoms. The Bertz CT molecular complexity index is 888. The summed E-state index contributed by atoms with van der Waals surface area (Å²) in [7, 11) is 0. The van der Waals surface area contributed by atoms with Gasteiger partial charge >= 0.3 is 5.97 Å². The number of rotatable bonds is 8. The zero-order valence-electron chi connectivity index (χ0n) is 16.1. The maximum Gasteiger partial charge on any atom is 0.335 e. The molecule has 1 aliphatic carbocycles. The fraction of sp³-hybridized carbons (Fsp3) is 0.333. The second kappa shape index (κ2) is 9.61. The van der Waals surface area contributed by atoms with Crippen molar-refractivity contribution in [2.75, 3.05) is 0 Å². The number of Topliss-reactive ketones (excluding diaryl/α,β-unsaturated/α-hetero) is 1. The van der Waals surface area contributed by atoms with E-state index in [1.165, 1.54) is 6.07 Å². The molecule has 2 N–H and O–H groups in total. The van der Waals surface area contributed by atoms with Gasteiger partial charge in [-0.15, -0.1) is 0 Å². The van der Waals surface area contributed by atoms with Crippen molar-refractivity contribution in [2.45, 2.75) is 38.2 Å². The van der Waals surface area contributed by atoms with Crippen LogP contribution in [0.25, 0.3) is 0 Å². The molecule has 3 rings (SSSR count). The SMILES string of the molecule is O=C(O)c1ccc(CC[C@H]2C(=O)CC[C@@H]2C=CC(O)Cc2ccccc2F)cc1. The zero-order chi connectivity index (χ0) is 20.8. The van der Waals surface area contributed by atoms with Crippen molar-refractivity contribution in [1.82, 2.24) is 0 Å². The fourth-order valence-corrected chi connectivity index (χ4v) is 3.90. The van der Waals surface area contributed by atoms with Crippen molar-refractivity contribution in [3.63, 3.8) is 0 Å². The summed E-state index contributed by atoms with van der Waals surface area (Å²) < 4.78 is 13.7. The highest BCUT2D eigenvalue weighted by Crippen LogP contribution is 2.33. The van der Waals surface area contributed by atoms with Gasteiger partial charge in [0.15, 0.2) is 0 Å². The Morgan fingerprint density at radius 3 is 2.59 bits per heavy atom. The molecular weight excluding hydrogens is 371 g/mol. The van der Waals surface area contributed by atoms with Gasteiger partial charge in [0, 0.05) is 18.8 Å². The van der Waals surface area contributed by atoms with Crippen LogP contribution in [0, 0.1) is 17.7 Å². The Morgan fingerprint density at radius 1 is 1.17 bits per heavy atom. The smallest absolute Gasteiger partial charge is 0.335 e. The Hall–Kier alpha value is -2.79. The van der Waals surface area contributed by atoms with Crippen molar-refractivity contribution in [2.24, 2.45) is 11.8 Å². The third-order valence-electron chi connectivity index (χ3n) is 5.57. The lowest BCUT2D eigenvalue weighted by molar-refractivity contribution is -0.121. The minimum Gasteiger partial charge on any atom is -0.478 e. The van der Waals surface area contributed by atoms with Crippen LogP contribution in [0.5, 0.6) is 0 Å². The summed E-state index contributed by atoms with van der Waals surface area (Å²) in [5.41, 5.74) is 1.71. The van der Waals surface area contributed by atoms with E-state index in [0.29, 0.717) is 24.8 Å². The number of benzene rings is 2. The lowest BCUT2D eigenvalue weighted by atomic mass is 9.88. The van der Waals surface area contributed by atoms with Crippen molar-refractivity contribution in [3.05, 3.63) is 83.2 Å². The first-order valence-corrected chi connectivity index (χ1v) is 9.89. The maximum atomic E-state index is 13.7. The minimum atomic E-state index is -0.957. The maximum absolute atomic E-state index is 13.7. The molecule has 0 amide bonds.